The number of rotatable bonds is 10. The van der Waals surface area contributed by atoms with Gasteiger partial charge in [-0.3, -0.25) is 9.69 Å². The van der Waals surface area contributed by atoms with E-state index < -0.39 is 0 Å². The summed E-state index contributed by atoms with van der Waals surface area (Å²) in [6, 6.07) is 17.1. The van der Waals surface area contributed by atoms with Crippen molar-refractivity contribution in [1.29, 1.82) is 0 Å². The molecule has 254 valence electrons. The Labute approximate surface area is 281 Å². The molecular formula is C38H46FN5O4. The predicted octanol–water partition coefficient (Wildman–Crippen LogP) is 6.77. The van der Waals surface area contributed by atoms with E-state index in [0.29, 0.717) is 24.0 Å². The lowest BCUT2D eigenvalue weighted by molar-refractivity contribution is -0.131. The number of hydrogen-bond donors (Lipinski definition) is 1. The largest absolute Gasteiger partial charge is 0.473 e. The van der Waals surface area contributed by atoms with Gasteiger partial charge < -0.3 is 24.1 Å². The molecule has 3 saturated heterocycles. The first-order valence-corrected chi connectivity index (χ1v) is 17.3. The molecule has 0 aliphatic carbocycles. The van der Waals surface area contributed by atoms with Gasteiger partial charge in [0.25, 0.3) is 0 Å². The molecule has 9 nitrogen and oxygen atoms in total. The number of fused-ring (bicyclic) bond motifs is 1. The summed E-state index contributed by atoms with van der Waals surface area (Å²) in [5, 5.41) is 3.11. The van der Waals surface area contributed by atoms with E-state index in [2.05, 4.69) is 40.8 Å². The average molecular weight is 656 g/mol. The van der Waals surface area contributed by atoms with Gasteiger partial charge in [0.05, 0.1) is 48.4 Å². The molecule has 5 heterocycles. The van der Waals surface area contributed by atoms with Gasteiger partial charge in [-0.2, -0.15) is 0 Å². The monoisotopic (exact) mass is 655 g/mol. The van der Waals surface area contributed by atoms with E-state index in [-0.39, 0.29) is 36.0 Å². The third-order valence-corrected chi connectivity index (χ3v) is 10.1. The number of amides is 1. The number of aryl methyl sites for hydroxylation is 1. The Bertz CT molecular complexity index is 1750. The van der Waals surface area contributed by atoms with Gasteiger partial charge in [0.2, 0.25) is 11.8 Å². The molecular weight excluding hydrogens is 609 g/mol. The van der Waals surface area contributed by atoms with Crippen molar-refractivity contribution in [2.45, 2.75) is 90.2 Å². The maximum atomic E-state index is 14.3. The number of aromatic nitrogens is 3. The summed E-state index contributed by atoms with van der Waals surface area (Å²) < 4.78 is 34.2. The lowest BCUT2D eigenvalue weighted by Gasteiger charge is -2.34. The molecule has 2 aromatic heterocycles. The summed E-state index contributed by atoms with van der Waals surface area (Å²) in [6.07, 6.45) is 4.90. The molecule has 3 aliphatic heterocycles. The van der Waals surface area contributed by atoms with E-state index in [1.807, 2.05) is 37.3 Å². The zero-order valence-electron chi connectivity index (χ0n) is 28.2. The highest BCUT2D eigenvalue weighted by molar-refractivity contribution is 5.94. The second-order valence-electron chi connectivity index (χ2n) is 14.3. The van der Waals surface area contributed by atoms with Crippen LogP contribution in [0.2, 0.25) is 0 Å². The third kappa shape index (κ3) is 7.56. The van der Waals surface area contributed by atoms with Gasteiger partial charge in [-0.05, 0) is 102 Å². The molecule has 0 spiro atoms. The fourth-order valence-electron chi connectivity index (χ4n) is 6.92. The van der Waals surface area contributed by atoms with Gasteiger partial charge in [0.15, 0.2) is 0 Å². The molecule has 0 radical (unpaired) electrons. The van der Waals surface area contributed by atoms with E-state index in [0.717, 1.165) is 98.7 Å². The molecule has 3 aliphatic rings. The van der Waals surface area contributed by atoms with Crippen LogP contribution in [0.5, 0.6) is 5.88 Å². The number of imidazole rings is 1. The number of nitrogens with one attached hydrogen (secondary N) is 1. The minimum atomic E-state index is -0.256. The fraction of sp³-hybridized carbons (Fsp3) is 0.500. The Morgan fingerprint density at radius 1 is 1.06 bits per heavy atom. The highest BCUT2D eigenvalue weighted by Gasteiger charge is 2.32. The minimum Gasteiger partial charge on any atom is -0.473 e. The molecule has 0 bridgehead atoms. The number of hydrogen-bond acceptors (Lipinski definition) is 7. The maximum absolute atomic E-state index is 14.3. The fourth-order valence-corrected chi connectivity index (χ4v) is 6.92. The zero-order chi connectivity index (χ0) is 33.3. The van der Waals surface area contributed by atoms with Gasteiger partial charge in [-0.25, -0.2) is 14.4 Å². The summed E-state index contributed by atoms with van der Waals surface area (Å²) in [4.78, 5) is 25.4. The van der Waals surface area contributed by atoms with Gasteiger partial charge >= 0.3 is 0 Å². The second-order valence-corrected chi connectivity index (χ2v) is 14.3. The van der Waals surface area contributed by atoms with Crippen molar-refractivity contribution in [3.05, 3.63) is 83.1 Å². The highest BCUT2D eigenvalue weighted by Crippen LogP contribution is 2.31. The van der Waals surface area contributed by atoms with E-state index in [1.165, 1.54) is 6.07 Å². The molecule has 4 aromatic rings. The summed E-state index contributed by atoms with van der Waals surface area (Å²) in [5.74, 6) is 1.47. The minimum absolute atomic E-state index is 0.00185. The van der Waals surface area contributed by atoms with Crippen LogP contribution in [0.3, 0.4) is 0 Å². The summed E-state index contributed by atoms with van der Waals surface area (Å²) in [7, 11) is 0. The van der Waals surface area contributed by atoms with E-state index in [9.17, 15) is 9.18 Å². The number of halogens is 1. The average Bonchev–Trinajstić information content (AvgIpc) is 3.38. The first kappa shape index (κ1) is 32.7. The Morgan fingerprint density at radius 3 is 2.62 bits per heavy atom. The Hall–Kier alpha value is -3.86. The molecule has 0 saturated carbocycles. The number of pyridine rings is 1. The number of anilines is 1. The number of piperidine rings is 1. The number of carbonyl (C=O) groups excluding carboxylic acids is 1. The van der Waals surface area contributed by atoms with E-state index in [4.69, 9.17) is 24.2 Å². The molecule has 1 amide bonds. The molecule has 48 heavy (non-hydrogen) atoms. The van der Waals surface area contributed by atoms with Crippen LogP contribution in [0.4, 0.5) is 10.1 Å². The topological polar surface area (TPSA) is 90.7 Å². The molecule has 7 rings (SSSR count). The Balaban J connectivity index is 0.990. The summed E-state index contributed by atoms with van der Waals surface area (Å²) in [6.45, 7) is 10.8. The highest BCUT2D eigenvalue weighted by atomic mass is 19.1. The Kier molecular flexibility index (Phi) is 9.49. The van der Waals surface area contributed by atoms with Crippen LogP contribution in [0.1, 0.15) is 74.5 Å². The van der Waals surface area contributed by atoms with Crippen LogP contribution in [0.25, 0.3) is 11.0 Å². The first-order chi connectivity index (χ1) is 23.2. The number of ether oxygens (including phenoxy) is 3. The van der Waals surface area contributed by atoms with Crippen LogP contribution in [0, 0.1) is 18.7 Å². The molecule has 1 N–H and O–H groups in total. The van der Waals surface area contributed by atoms with Crippen molar-refractivity contribution < 1.29 is 23.4 Å². The normalized spacial score (nSPS) is 21.6. The summed E-state index contributed by atoms with van der Waals surface area (Å²) in [5.41, 5.74) is 4.96. The zero-order valence-corrected chi connectivity index (χ0v) is 28.2. The van der Waals surface area contributed by atoms with Gasteiger partial charge in [0.1, 0.15) is 18.2 Å². The Morgan fingerprint density at radius 2 is 1.90 bits per heavy atom. The number of benzene rings is 2. The van der Waals surface area contributed by atoms with Gasteiger partial charge in [-0.15, -0.1) is 0 Å². The van der Waals surface area contributed by atoms with Gasteiger partial charge in [-0.1, -0.05) is 18.2 Å². The molecule has 2 atom stereocenters. The van der Waals surface area contributed by atoms with Crippen molar-refractivity contribution in [3.8, 4) is 5.88 Å². The summed E-state index contributed by atoms with van der Waals surface area (Å²) >= 11 is 0. The molecule has 2 aromatic carbocycles. The number of nitrogens with zero attached hydrogens (tertiary/aromatic N) is 4. The first-order valence-electron chi connectivity index (χ1n) is 17.3. The van der Waals surface area contributed by atoms with Crippen molar-refractivity contribution in [2.24, 2.45) is 5.92 Å². The number of carbonyl (C=O) groups is 1. The van der Waals surface area contributed by atoms with Crippen LogP contribution in [-0.2, 0) is 34.0 Å². The van der Waals surface area contributed by atoms with Crippen LogP contribution in [0.15, 0.2) is 54.6 Å². The second kappa shape index (κ2) is 13.9. The molecule has 3 fully saturated rings. The van der Waals surface area contributed by atoms with Crippen molar-refractivity contribution >= 4 is 22.6 Å². The third-order valence-electron chi connectivity index (χ3n) is 10.1. The standard InChI is InChI=1S/C38H46FN5O4/c1-25-7-8-27(31(39)19-25)23-47-36-6-4-5-32(42-36)26-12-16-43(17-13-26)22-35-41-33-20-29(9-10-34(33)44(35)21-30-14-18-46-30)40-37(45)28-11-15-38(2,3)48-24-28/h4-10,19-20,26,28,30H,11-18,21-24H2,1-3H3,(H,40,45). The van der Waals surface area contributed by atoms with Crippen LogP contribution >= 0.6 is 0 Å². The van der Waals surface area contributed by atoms with E-state index >= 15 is 0 Å². The smallest absolute Gasteiger partial charge is 0.229 e. The van der Waals surface area contributed by atoms with Crippen LogP contribution in [-0.4, -0.2) is 63.4 Å². The van der Waals surface area contributed by atoms with E-state index in [1.54, 1.807) is 6.07 Å². The lowest BCUT2D eigenvalue weighted by Crippen LogP contribution is -2.38. The van der Waals surface area contributed by atoms with Crippen LogP contribution < -0.4 is 10.1 Å². The number of likely N-dealkylation sites (tertiary alicyclic amines) is 1. The molecule has 10 heteroatoms. The lowest BCUT2D eigenvalue weighted by atomic mass is 9.91. The SMILES string of the molecule is Cc1ccc(COc2cccc(C3CCN(Cc4nc5cc(NC(=O)C6CCC(C)(C)OC6)ccc5n4CC4CCO4)CC3)n2)c(F)c1. The van der Waals surface area contributed by atoms with Gasteiger partial charge in [0, 0.05) is 35.5 Å². The maximum Gasteiger partial charge on any atom is 0.229 e. The quantitative estimate of drug-likeness (QED) is 0.202. The molecule has 2 unspecified atom stereocenters. The predicted molar refractivity (Wildman–Crippen MR) is 182 cm³/mol. The van der Waals surface area contributed by atoms with Crippen molar-refractivity contribution in [2.75, 3.05) is 31.6 Å². The van der Waals surface area contributed by atoms with Crippen molar-refractivity contribution in [3.63, 3.8) is 0 Å². The van der Waals surface area contributed by atoms with Crippen molar-refractivity contribution in [1.82, 2.24) is 19.4 Å².